The summed E-state index contributed by atoms with van der Waals surface area (Å²) in [5, 5.41) is 0. The third kappa shape index (κ3) is 3.13. The van der Waals surface area contributed by atoms with E-state index in [0.29, 0.717) is 5.69 Å². The summed E-state index contributed by atoms with van der Waals surface area (Å²) in [6.07, 6.45) is 0. The van der Waals surface area contributed by atoms with Gasteiger partial charge in [-0.2, -0.15) is 0 Å². The standard InChI is InChI=1S/C11H16BrN3O/c1-7(2)15(6-11(14)16)10-5-8(12)3-4-9(10)13/h3-5,7H,6,13H2,1-2H3,(H2,14,16). The van der Waals surface area contributed by atoms with Crippen molar-refractivity contribution in [3.63, 3.8) is 0 Å². The molecule has 0 aromatic heterocycles. The molecule has 0 atom stereocenters. The Morgan fingerprint density at radius 3 is 2.62 bits per heavy atom. The molecular weight excluding hydrogens is 270 g/mol. The highest BCUT2D eigenvalue weighted by Crippen LogP contribution is 2.28. The number of primary amides is 1. The number of hydrogen-bond donors (Lipinski definition) is 2. The number of nitrogens with two attached hydrogens (primary N) is 2. The smallest absolute Gasteiger partial charge is 0.236 e. The molecule has 1 aromatic rings. The number of nitrogens with zero attached hydrogens (tertiary/aromatic N) is 1. The van der Waals surface area contributed by atoms with Gasteiger partial charge in [-0.3, -0.25) is 4.79 Å². The second-order valence-electron chi connectivity index (χ2n) is 3.89. The predicted octanol–water partition coefficient (Wildman–Crippen LogP) is 1.73. The maximum absolute atomic E-state index is 11.0. The van der Waals surface area contributed by atoms with Crippen LogP contribution in [0.3, 0.4) is 0 Å². The van der Waals surface area contributed by atoms with E-state index >= 15 is 0 Å². The van der Waals surface area contributed by atoms with Gasteiger partial charge in [0.25, 0.3) is 0 Å². The Balaban J connectivity index is 3.09. The Labute approximate surface area is 104 Å². The van der Waals surface area contributed by atoms with Crippen molar-refractivity contribution >= 4 is 33.2 Å². The summed E-state index contributed by atoms with van der Waals surface area (Å²) in [5.41, 5.74) is 12.6. The summed E-state index contributed by atoms with van der Waals surface area (Å²) in [5.74, 6) is -0.368. The molecule has 1 amide bonds. The molecule has 4 N–H and O–H groups in total. The fourth-order valence-electron chi connectivity index (χ4n) is 1.48. The van der Waals surface area contributed by atoms with Crippen LogP contribution < -0.4 is 16.4 Å². The molecule has 0 aliphatic rings. The molecule has 0 aliphatic heterocycles. The molecule has 88 valence electrons. The topological polar surface area (TPSA) is 72.3 Å². The van der Waals surface area contributed by atoms with Crippen LogP contribution in [0.15, 0.2) is 22.7 Å². The van der Waals surface area contributed by atoms with Gasteiger partial charge in [-0.1, -0.05) is 15.9 Å². The number of anilines is 2. The van der Waals surface area contributed by atoms with Crippen LogP contribution in [0.25, 0.3) is 0 Å². The predicted molar refractivity (Wildman–Crippen MR) is 70.2 cm³/mol. The van der Waals surface area contributed by atoms with Gasteiger partial charge in [0, 0.05) is 10.5 Å². The van der Waals surface area contributed by atoms with Crippen LogP contribution >= 0.6 is 15.9 Å². The van der Waals surface area contributed by atoms with Crippen LogP contribution in [0, 0.1) is 0 Å². The highest BCUT2D eigenvalue weighted by Gasteiger charge is 2.15. The van der Waals surface area contributed by atoms with Crippen LogP contribution in [-0.4, -0.2) is 18.5 Å². The number of halogens is 1. The largest absolute Gasteiger partial charge is 0.397 e. The van der Waals surface area contributed by atoms with Gasteiger partial charge < -0.3 is 16.4 Å². The molecule has 0 aliphatic carbocycles. The van der Waals surface area contributed by atoms with Crippen molar-refractivity contribution in [2.24, 2.45) is 5.73 Å². The zero-order valence-electron chi connectivity index (χ0n) is 9.40. The van der Waals surface area contributed by atoms with Crippen molar-refractivity contribution in [3.05, 3.63) is 22.7 Å². The zero-order chi connectivity index (χ0) is 12.3. The molecule has 0 heterocycles. The first-order valence-electron chi connectivity index (χ1n) is 5.01. The summed E-state index contributed by atoms with van der Waals surface area (Å²) < 4.78 is 0.923. The van der Waals surface area contributed by atoms with Crippen LogP contribution in [0.4, 0.5) is 11.4 Å². The minimum atomic E-state index is -0.368. The normalized spacial score (nSPS) is 10.5. The quantitative estimate of drug-likeness (QED) is 0.828. The molecule has 0 saturated carbocycles. The Morgan fingerprint density at radius 2 is 2.12 bits per heavy atom. The number of hydrogen-bond acceptors (Lipinski definition) is 3. The van der Waals surface area contributed by atoms with Gasteiger partial charge >= 0.3 is 0 Å². The zero-order valence-corrected chi connectivity index (χ0v) is 11.0. The maximum atomic E-state index is 11.0. The van der Waals surface area contributed by atoms with Crippen molar-refractivity contribution in [1.29, 1.82) is 0 Å². The van der Waals surface area contributed by atoms with Crippen LogP contribution in [0.1, 0.15) is 13.8 Å². The average molecular weight is 286 g/mol. The summed E-state index contributed by atoms with van der Waals surface area (Å²) in [6.45, 7) is 4.14. The second-order valence-corrected chi connectivity index (χ2v) is 4.81. The van der Waals surface area contributed by atoms with E-state index in [-0.39, 0.29) is 18.5 Å². The molecule has 16 heavy (non-hydrogen) atoms. The number of carbonyl (C=O) groups is 1. The van der Waals surface area contributed by atoms with Gasteiger partial charge in [0.15, 0.2) is 0 Å². The van der Waals surface area contributed by atoms with Gasteiger partial charge in [0.05, 0.1) is 17.9 Å². The molecule has 1 aromatic carbocycles. The van der Waals surface area contributed by atoms with E-state index in [1.807, 2.05) is 30.9 Å². The molecule has 0 radical (unpaired) electrons. The third-order valence-electron chi connectivity index (χ3n) is 2.25. The maximum Gasteiger partial charge on any atom is 0.236 e. The number of benzene rings is 1. The average Bonchev–Trinajstić information content (AvgIpc) is 2.18. The lowest BCUT2D eigenvalue weighted by atomic mass is 10.2. The number of amides is 1. The lowest BCUT2D eigenvalue weighted by Crippen LogP contribution is -2.39. The fraction of sp³-hybridized carbons (Fsp3) is 0.364. The summed E-state index contributed by atoms with van der Waals surface area (Å²) in [4.78, 5) is 12.9. The van der Waals surface area contributed by atoms with Crippen molar-refractivity contribution in [2.75, 3.05) is 17.2 Å². The number of nitrogen functional groups attached to an aromatic ring is 1. The summed E-state index contributed by atoms with van der Waals surface area (Å²) in [6, 6.07) is 5.71. The molecule has 0 unspecified atom stereocenters. The van der Waals surface area contributed by atoms with E-state index in [9.17, 15) is 4.79 Å². The van der Waals surface area contributed by atoms with Gasteiger partial charge in [0.2, 0.25) is 5.91 Å². The van der Waals surface area contributed by atoms with Crippen molar-refractivity contribution < 1.29 is 4.79 Å². The number of carbonyl (C=O) groups excluding carboxylic acids is 1. The van der Waals surface area contributed by atoms with E-state index in [1.54, 1.807) is 6.07 Å². The number of rotatable bonds is 4. The SMILES string of the molecule is CC(C)N(CC(N)=O)c1cc(Br)ccc1N. The van der Waals surface area contributed by atoms with E-state index in [4.69, 9.17) is 11.5 Å². The van der Waals surface area contributed by atoms with Gasteiger partial charge in [-0.05, 0) is 32.0 Å². The van der Waals surface area contributed by atoms with Crippen molar-refractivity contribution in [3.8, 4) is 0 Å². The highest BCUT2D eigenvalue weighted by molar-refractivity contribution is 9.10. The first-order chi connectivity index (χ1) is 7.41. The molecule has 0 saturated heterocycles. The molecule has 0 spiro atoms. The summed E-state index contributed by atoms with van der Waals surface area (Å²) >= 11 is 3.38. The van der Waals surface area contributed by atoms with E-state index in [2.05, 4.69) is 15.9 Å². The third-order valence-corrected chi connectivity index (χ3v) is 2.74. The van der Waals surface area contributed by atoms with Gasteiger partial charge in [0.1, 0.15) is 0 Å². The lowest BCUT2D eigenvalue weighted by Gasteiger charge is -2.28. The second kappa shape index (κ2) is 5.21. The molecule has 5 heteroatoms. The lowest BCUT2D eigenvalue weighted by molar-refractivity contribution is -0.116. The van der Waals surface area contributed by atoms with Gasteiger partial charge in [-0.15, -0.1) is 0 Å². The summed E-state index contributed by atoms with van der Waals surface area (Å²) in [7, 11) is 0. The minimum absolute atomic E-state index is 0.157. The van der Waals surface area contributed by atoms with Crippen molar-refractivity contribution in [2.45, 2.75) is 19.9 Å². The minimum Gasteiger partial charge on any atom is -0.397 e. The van der Waals surface area contributed by atoms with E-state index in [1.165, 1.54) is 0 Å². The Hall–Kier alpha value is -1.23. The van der Waals surface area contributed by atoms with E-state index < -0.39 is 0 Å². The Kier molecular flexibility index (Phi) is 4.18. The molecule has 0 fully saturated rings. The molecule has 4 nitrogen and oxygen atoms in total. The fourth-order valence-corrected chi connectivity index (χ4v) is 1.83. The van der Waals surface area contributed by atoms with Crippen molar-refractivity contribution in [1.82, 2.24) is 0 Å². The highest BCUT2D eigenvalue weighted by atomic mass is 79.9. The van der Waals surface area contributed by atoms with Crippen LogP contribution in [0.2, 0.25) is 0 Å². The van der Waals surface area contributed by atoms with E-state index in [0.717, 1.165) is 10.2 Å². The Bertz CT molecular complexity index is 393. The van der Waals surface area contributed by atoms with Gasteiger partial charge in [-0.25, -0.2) is 0 Å². The monoisotopic (exact) mass is 285 g/mol. The molecule has 1 rings (SSSR count). The first-order valence-corrected chi connectivity index (χ1v) is 5.81. The molecule has 0 bridgehead atoms. The van der Waals surface area contributed by atoms with Crippen LogP contribution in [-0.2, 0) is 4.79 Å². The Morgan fingerprint density at radius 1 is 1.50 bits per heavy atom. The van der Waals surface area contributed by atoms with Crippen LogP contribution in [0.5, 0.6) is 0 Å². The molecular formula is C11H16BrN3O. The first kappa shape index (κ1) is 12.8.